The molecule has 0 heterocycles. The molecule has 0 fully saturated rings. The Labute approximate surface area is 83.6 Å². The van der Waals surface area contributed by atoms with E-state index in [9.17, 15) is 4.79 Å². The van der Waals surface area contributed by atoms with Crippen molar-refractivity contribution in [2.45, 2.75) is 31.7 Å². The summed E-state index contributed by atoms with van der Waals surface area (Å²) in [6.07, 6.45) is 3.38. The van der Waals surface area contributed by atoms with Crippen molar-refractivity contribution in [3.8, 4) is 0 Å². The van der Waals surface area contributed by atoms with Crippen LogP contribution >= 0.6 is 0 Å². The van der Waals surface area contributed by atoms with Crippen LogP contribution in [0.15, 0.2) is 11.8 Å². The summed E-state index contributed by atoms with van der Waals surface area (Å²) in [6, 6.07) is 0. The number of nitrogens with one attached hydrogen (secondary N) is 1. The molecular formula is C10H17NO3. The third kappa shape index (κ3) is 2.33. The molecule has 0 spiro atoms. The Balaban J connectivity index is 2.64. The van der Waals surface area contributed by atoms with Gasteiger partial charge in [0.05, 0.1) is 18.8 Å². The number of hydrogen-bond acceptors (Lipinski definition) is 4. The highest BCUT2D eigenvalue weighted by Gasteiger charge is 2.28. The largest absolute Gasteiger partial charge is 0.394 e. The van der Waals surface area contributed by atoms with Gasteiger partial charge in [-0.3, -0.25) is 4.79 Å². The summed E-state index contributed by atoms with van der Waals surface area (Å²) in [5, 5.41) is 21.4. The first-order valence-corrected chi connectivity index (χ1v) is 4.89. The van der Waals surface area contributed by atoms with Crippen molar-refractivity contribution in [3.63, 3.8) is 0 Å². The number of aliphatic hydroxyl groups excluding tert-OH is 2. The molecule has 0 aromatic carbocycles. The number of carbonyl (C=O) groups excluding carboxylic acids is 1. The van der Waals surface area contributed by atoms with Crippen LogP contribution < -0.4 is 5.32 Å². The van der Waals surface area contributed by atoms with E-state index in [2.05, 4.69) is 5.32 Å². The SMILES string of the molecule is CCC(CO)(CO)NC1=CC(=O)CC1. The van der Waals surface area contributed by atoms with Crippen LogP contribution in [0.1, 0.15) is 26.2 Å². The highest BCUT2D eigenvalue weighted by atomic mass is 16.3. The number of ketones is 1. The predicted octanol–water partition coefficient (Wildman–Crippen LogP) is -0.0438. The molecule has 80 valence electrons. The van der Waals surface area contributed by atoms with Gasteiger partial charge in [0.1, 0.15) is 0 Å². The van der Waals surface area contributed by atoms with E-state index in [1.165, 1.54) is 0 Å². The van der Waals surface area contributed by atoms with Crippen molar-refractivity contribution in [1.82, 2.24) is 5.32 Å². The monoisotopic (exact) mass is 199 g/mol. The second-order valence-electron chi connectivity index (χ2n) is 3.71. The molecule has 4 heteroatoms. The molecule has 1 rings (SSSR count). The van der Waals surface area contributed by atoms with Crippen LogP contribution in [0.5, 0.6) is 0 Å². The first kappa shape index (κ1) is 11.2. The minimum atomic E-state index is -0.684. The Kier molecular flexibility index (Phi) is 3.66. The second kappa shape index (κ2) is 4.57. The topological polar surface area (TPSA) is 69.6 Å². The lowest BCUT2D eigenvalue weighted by atomic mass is 9.98. The quantitative estimate of drug-likeness (QED) is 0.581. The minimum absolute atomic E-state index is 0.105. The lowest BCUT2D eigenvalue weighted by Gasteiger charge is -2.31. The van der Waals surface area contributed by atoms with Gasteiger partial charge >= 0.3 is 0 Å². The molecule has 0 radical (unpaired) electrons. The van der Waals surface area contributed by atoms with Crippen molar-refractivity contribution >= 4 is 5.78 Å². The first-order valence-electron chi connectivity index (χ1n) is 4.89. The average Bonchev–Trinajstić information content (AvgIpc) is 2.61. The molecule has 0 aromatic rings. The molecule has 0 aliphatic heterocycles. The highest BCUT2D eigenvalue weighted by molar-refractivity contribution is 5.92. The van der Waals surface area contributed by atoms with Crippen LogP contribution in [0, 0.1) is 0 Å². The van der Waals surface area contributed by atoms with Gasteiger partial charge in [0, 0.05) is 18.2 Å². The molecule has 4 nitrogen and oxygen atoms in total. The van der Waals surface area contributed by atoms with Gasteiger partial charge in [0.15, 0.2) is 5.78 Å². The molecule has 0 saturated carbocycles. The van der Waals surface area contributed by atoms with E-state index in [0.717, 1.165) is 5.70 Å². The maximum absolute atomic E-state index is 11.0. The molecule has 0 unspecified atom stereocenters. The van der Waals surface area contributed by atoms with Crippen molar-refractivity contribution < 1.29 is 15.0 Å². The molecular weight excluding hydrogens is 182 g/mol. The summed E-state index contributed by atoms with van der Waals surface area (Å²) >= 11 is 0. The Morgan fingerprint density at radius 1 is 1.43 bits per heavy atom. The summed E-state index contributed by atoms with van der Waals surface area (Å²) in [7, 11) is 0. The van der Waals surface area contributed by atoms with E-state index in [1.54, 1.807) is 6.08 Å². The van der Waals surface area contributed by atoms with Crippen LogP contribution in [0.3, 0.4) is 0 Å². The zero-order valence-electron chi connectivity index (χ0n) is 8.42. The summed E-state index contributed by atoms with van der Waals surface area (Å²) < 4.78 is 0. The van der Waals surface area contributed by atoms with Gasteiger partial charge in [-0.25, -0.2) is 0 Å². The van der Waals surface area contributed by atoms with Crippen LogP contribution in [0.25, 0.3) is 0 Å². The number of aliphatic hydroxyl groups is 2. The maximum Gasteiger partial charge on any atom is 0.157 e. The fourth-order valence-corrected chi connectivity index (χ4v) is 1.48. The Hall–Kier alpha value is -0.870. The fraction of sp³-hybridized carbons (Fsp3) is 0.700. The average molecular weight is 199 g/mol. The van der Waals surface area contributed by atoms with Gasteiger partial charge in [-0.05, 0) is 12.8 Å². The number of hydrogen-bond donors (Lipinski definition) is 3. The first-order chi connectivity index (χ1) is 6.65. The standard InChI is InChI=1S/C10H17NO3/c1-2-10(6-12,7-13)11-8-3-4-9(14)5-8/h5,11-13H,2-4,6-7H2,1H3. The van der Waals surface area contributed by atoms with Gasteiger partial charge < -0.3 is 15.5 Å². The zero-order valence-corrected chi connectivity index (χ0v) is 8.42. The molecule has 0 amide bonds. The van der Waals surface area contributed by atoms with Crippen molar-refractivity contribution in [1.29, 1.82) is 0 Å². The maximum atomic E-state index is 11.0. The summed E-state index contributed by atoms with van der Waals surface area (Å²) in [5.41, 5.74) is 0.135. The van der Waals surface area contributed by atoms with E-state index in [1.807, 2.05) is 6.92 Å². The third-order valence-electron chi connectivity index (χ3n) is 2.68. The van der Waals surface area contributed by atoms with Crippen LogP contribution in [-0.2, 0) is 4.79 Å². The third-order valence-corrected chi connectivity index (χ3v) is 2.68. The van der Waals surface area contributed by atoms with Crippen LogP contribution in [0.4, 0.5) is 0 Å². The van der Waals surface area contributed by atoms with Gasteiger partial charge in [-0.2, -0.15) is 0 Å². The van der Waals surface area contributed by atoms with Gasteiger partial charge in [0.25, 0.3) is 0 Å². The van der Waals surface area contributed by atoms with Gasteiger partial charge in [-0.1, -0.05) is 6.92 Å². The van der Waals surface area contributed by atoms with E-state index in [-0.39, 0.29) is 19.0 Å². The molecule has 0 bridgehead atoms. The normalized spacial score (nSPS) is 17.1. The molecule has 1 aliphatic carbocycles. The summed E-state index contributed by atoms with van der Waals surface area (Å²) in [4.78, 5) is 11.0. The Bertz CT molecular complexity index is 235. The van der Waals surface area contributed by atoms with Crippen LogP contribution in [0.2, 0.25) is 0 Å². The molecule has 14 heavy (non-hydrogen) atoms. The molecule has 3 N–H and O–H groups in total. The molecule has 0 atom stereocenters. The van der Waals surface area contributed by atoms with Crippen molar-refractivity contribution in [2.24, 2.45) is 0 Å². The minimum Gasteiger partial charge on any atom is -0.394 e. The van der Waals surface area contributed by atoms with Crippen molar-refractivity contribution in [2.75, 3.05) is 13.2 Å². The number of carbonyl (C=O) groups is 1. The molecule has 0 saturated heterocycles. The number of rotatable bonds is 5. The Morgan fingerprint density at radius 2 is 2.07 bits per heavy atom. The summed E-state index contributed by atoms with van der Waals surface area (Å²) in [6.45, 7) is 1.62. The van der Waals surface area contributed by atoms with Crippen molar-refractivity contribution in [3.05, 3.63) is 11.8 Å². The fourth-order valence-electron chi connectivity index (χ4n) is 1.48. The second-order valence-corrected chi connectivity index (χ2v) is 3.71. The van der Waals surface area contributed by atoms with Crippen LogP contribution in [-0.4, -0.2) is 34.7 Å². The Morgan fingerprint density at radius 3 is 2.43 bits per heavy atom. The van der Waals surface area contributed by atoms with E-state index in [0.29, 0.717) is 19.3 Å². The smallest absolute Gasteiger partial charge is 0.157 e. The van der Waals surface area contributed by atoms with Gasteiger partial charge in [0.2, 0.25) is 0 Å². The van der Waals surface area contributed by atoms with E-state index < -0.39 is 5.54 Å². The summed E-state index contributed by atoms with van der Waals surface area (Å²) in [5.74, 6) is 0.105. The highest BCUT2D eigenvalue weighted by Crippen LogP contribution is 2.18. The lowest BCUT2D eigenvalue weighted by Crippen LogP contribution is -2.50. The lowest BCUT2D eigenvalue weighted by molar-refractivity contribution is -0.114. The van der Waals surface area contributed by atoms with E-state index in [4.69, 9.17) is 10.2 Å². The molecule has 1 aliphatic rings. The predicted molar refractivity (Wildman–Crippen MR) is 52.7 cm³/mol. The van der Waals surface area contributed by atoms with E-state index >= 15 is 0 Å². The number of allylic oxidation sites excluding steroid dienone is 2. The van der Waals surface area contributed by atoms with Gasteiger partial charge in [-0.15, -0.1) is 0 Å². The zero-order chi connectivity index (χ0) is 10.6. The molecule has 0 aromatic heterocycles.